The van der Waals surface area contributed by atoms with Crippen LogP contribution in [0, 0.1) is 0 Å². The monoisotopic (exact) mass is 399 g/mol. The number of nitrogens with one attached hydrogen (secondary N) is 1. The predicted molar refractivity (Wildman–Crippen MR) is 89.9 cm³/mol. The Kier molecular flexibility index (Phi) is 6.72. The highest BCUT2D eigenvalue weighted by atomic mass is 32.1. The first kappa shape index (κ1) is 20.2. The summed E-state index contributed by atoms with van der Waals surface area (Å²) in [5.41, 5.74) is 0.416. The Bertz CT molecular complexity index is 829. The lowest BCUT2D eigenvalue weighted by molar-refractivity contribution is -0.274. The Balaban J connectivity index is 1.77. The van der Waals surface area contributed by atoms with Crippen molar-refractivity contribution in [1.82, 2.24) is 5.32 Å². The van der Waals surface area contributed by atoms with E-state index in [1.54, 1.807) is 11.4 Å². The zero-order valence-electron chi connectivity index (χ0n) is 13.5. The Hall–Kier alpha value is -3.14. The second kappa shape index (κ2) is 8.99. The number of esters is 1. The zero-order chi connectivity index (χ0) is 19.9. The number of halogens is 3. The molecule has 0 aliphatic heterocycles. The molecule has 142 valence electrons. The molecule has 1 heterocycles. The zero-order valence-corrected chi connectivity index (χ0v) is 14.3. The summed E-state index contributed by atoms with van der Waals surface area (Å²) in [6, 6.07) is 7.96. The van der Waals surface area contributed by atoms with Crippen LogP contribution in [0.5, 0.6) is 5.75 Å². The maximum atomic E-state index is 12.1. The van der Waals surface area contributed by atoms with E-state index in [0.717, 1.165) is 29.5 Å². The van der Waals surface area contributed by atoms with E-state index in [9.17, 15) is 27.6 Å². The van der Waals surface area contributed by atoms with Crippen molar-refractivity contribution in [2.24, 2.45) is 0 Å². The van der Waals surface area contributed by atoms with Crippen molar-refractivity contribution in [3.05, 3.63) is 58.3 Å². The average molecular weight is 399 g/mol. The smallest absolute Gasteiger partial charge is 0.452 e. The molecule has 1 aromatic carbocycles. The number of amides is 2. The van der Waals surface area contributed by atoms with E-state index in [1.165, 1.54) is 24.3 Å². The van der Waals surface area contributed by atoms with Crippen molar-refractivity contribution in [3.8, 4) is 5.75 Å². The summed E-state index contributed by atoms with van der Waals surface area (Å²) in [7, 11) is 0. The van der Waals surface area contributed by atoms with E-state index < -0.39 is 36.5 Å². The summed E-state index contributed by atoms with van der Waals surface area (Å²) in [5, 5.41) is 3.73. The summed E-state index contributed by atoms with van der Waals surface area (Å²) in [5.74, 6) is -2.63. The molecule has 27 heavy (non-hydrogen) atoms. The van der Waals surface area contributed by atoms with Crippen LogP contribution in [0.1, 0.15) is 15.2 Å². The van der Waals surface area contributed by atoms with Crippen LogP contribution < -0.4 is 10.1 Å². The first-order valence-electron chi connectivity index (χ1n) is 7.31. The summed E-state index contributed by atoms with van der Waals surface area (Å²) >= 11 is 1.15. The minimum atomic E-state index is -4.79. The van der Waals surface area contributed by atoms with Crippen LogP contribution in [0.25, 0.3) is 6.08 Å². The molecule has 2 rings (SSSR count). The van der Waals surface area contributed by atoms with Gasteiger partial charge in [-0.25, -0.2) is 4.79 Å². The van der Waals surface area contributed by atoms with Crippen molar-refractivity contribution in [3.63, 3.8) is 0 Å². The molecular weight excluding hydrogens is 387 g/mol. The number of ether oxygens (including phenoxy) is 2. The maximum absolute atomic E-state index is 12.1. The van der Waals surface area contributed by atoms with Crippen LogP contribution in [0.4, 0.5) is 13.2 Å². The first-order chi connectivity index (χ1) is 12.7. The number of hydrogen-bond acceptors (Lipinski definition) is 6. The lowest BCUT2D eigenvalue weighted by atomic mass is 10.2. The summed E-state index contributed by atoms with van der Waals surface area (Å²) in [6.45, 7) is -0.654. The quantitative estimate of drug-likeness (QED) is 0.596. The number of carbonyl (C=O) groups excluding carboxylic acids is 3. The molecule has 0 aliphatic rings. The molecular formula is C17H12F3NO5S. The second-order valence-electron chi connectivity index (χ2n) is 4.91. The molecule has 0 aliphatic carbocycles. The molecule has 0 radical (unpaired) electrons. The number of rotatable bonds is 6. The normalized spacial score (nSPS) is 11.2. The third-order valence-corrected chi connectivity index (χ3v) is 3.74. The number of hydrogen-bond donors (Lipinski definition) is 1. The molecule has 2 amide bonds. The highest BCUT2D eigenvalue weighted by molar-refractivity contribution is 7.12. The van der Waals surface area contributed by atoms with E-state index in [-0.39, 0.29) is 0 Å². The van der Waals surface area contributed by atoms with Gasteiger partial charge in [0.05, 0.1) is 4.88 Å². The molecule has 6 nitrogen and oxygen atoms in total. The van der Waals surface area contributed by atoms with Crippen LogP contribution in [-0.4, -0.2) is 30.8 Å². The predicted octanol–water partition coefficient (Wildman–Crippen LogP) is 3.16. The van der Waals surface area contributed by atoms with Gasteiger partial charge in [-0.2, -0.15) is 0 Å². The molecule has 2 aromatic rings. The lowest BCUT2D eigenvalue weighted by Gasteiger charge is -2.08. The molecule has 0 unspecified atom stereocenters. The van der Waals surface area contributed by atoms with Gasteiger partial charge in [-0.1, -0.05) is 18.2 Å². The Morgan fingerprint density at radius 3 is 2.41 bits per heavy atom. The molecule has 1 aromatic heterocycles. The lowest BCUT2D eigenvalue weighted by Crippen LogP contribution is -2.33. The highest BCUT2D eigenvalue weighted by Crippen LogP contribution is 2.22. The van der Waals surface area contributed by atoms with Crippen LogP contribution in [0.3, 0.4) is 0 Å². The van der Waals surface area contributed by atoms with Gasteiger partial charge in [-0.3, -0.25) is 14.9 Å². The molecule has 1 N–H and O–H groups in total. The van der Waals surface area contributed by atoms with Gasteiger partial charge >= 0.3 is 12.3 Å². The second-order valence-corrected chi connectivity index (χ2v) is 5.86. The van der Waals surface area contributed by atoms with Gasteiger partial charge in [-0.15, -0.1) is 24.5 Å². The topological polar surface area (TPSA) is 81.7 Å². The maximum Gasteiger partial charge on any atom is 0.573 e. The van der Waals surface area contributed by atoms with Crippen molar-refractivity contribution in [1.29, 1.82) is 0 Å². The van der Waals surface area contributed by atoms with E-state index in [0.29, 0.717) is 10.4 Å². The van der Waals surface area contributed by atoms with Crippen LogP contribution >= 0.6 is 11.3 Å². The number of alkyl halides is 3. The van der Waals surface area contributed by atoms with E-state index in [2.05, 4.69) is 14.8 Å². The summed E-state index contributed by atoms with van der Waals surface area (Å²) < 4.78 is 44.6. The van der Waals surface area contributed by atoms with Crippen molar-refractivity contribution in [2.75, 3.05) is 6.61 Å². The average Bonchev–Trinajstić information content (AvgIpc) is 3.13. The van der Waals surface area contributed by atoms with E-state index in [4.69, 9.17) is 0 Å². The first-order valence-corrected chi connectivity index (χ1v) is 8.19. The van der Waals surface area contributed by atoms with Crippen LogP contribution in [0.15, 0.2) is 47.9 Å². The van der Waals surface area contributed by atoms with Gasteiger partial charge in [-0.05, 0) is 35.2 Å². The van der Waals surface area contributed by atoms with Gasteiger partial charge in [0.15, 0.2) is 6.61 Å². The van der Waals surface area contributed by atoms with Crippen molar-refractivity contribution < 1.29 is 37.0 Å². The number of thiophene rings is 1. The van der Waals surface area contributed by atoms with Gasteiger partial charge in [0.1, 0.15) is 5.75 Å². The van der Waals surface area contributed by atoms with Gasteiger partial charge in [0, 0.05) is 6.08 Å². The van der Waals surface area contributed by atoms with Gasteiger partial charge in [0.2, 0.25) is 0 Å². The molecule has 0 bridgehead atoms. The third kappa shape index (κ3) is 7.32. The fraction of sp³-hybridized carbons (Fsp3) is 0.118. The third-order valence-electron chi connectivity index (χ3n) is 2.87. The molecule has 10 heteroatoms. The largest absolute Gasteiger partial charge is 0.573 e. The Morgan fingerprint density at radius 1 is 1.11 bits per heavy atom. The fourth-order valence-electron chi connectivity index (χ4n) is 1.76. The fourth-order valence-corrected chi connectivity index (χ4v) is 2.38. The Morgan fingerprint density at radius 2 is 1.81 bits per heavy atom. The minimum Gasteiger partial charge on any atom is -0.452 e. The SMILES string of the molecule is O=C(COC(=O)/C=C/c1ccc(OC(F)(F)F)cc1)NC(=O)c1cccs1. The number of benzene rings is 1. The molecule has 0 saturated carbocycles. The van der Waals surface area contributed by atoms with Crippen LogP contribution in [0.2, 0.25) is 0 Å². The standard InChI is InChI=1S/C17H12F3NO5S/c18-17(19,20)26-12-6-3-11(4-7-12)5-8-15(23)25-10-14(22)21-16(24)13-2-1-9-27-13/h1-9H,10H2,(H,21,22,24)/b8-5+. The van der Waals surface area contributed by atoms with Crippen molar-refractivity contribution >= 4 is 35.2 Å². The summed E-state index contributed by atoms with van der Waals surface area (Å²) in [4.78, 5) is 35.1. The van der Waals surface area contributed by atoms with Crippen LogP contribution in [-0.2, 0) is 14.3 Å². The van der Waals surface area contributed by atoms with Gasteiger partial charge < -0.3 is 9.47 Å². The van der Waals surface area contributed by atoms with E-state index >= 15 is 0 Å². The minimum absolute atomic E-state index is 0.340. The molecule has 0 saturated heterocycles. The van der Waals surface area contributed by atoms with Gasteiger partial charge in [0.25, 0.3) is 11.8 Å². The van der Waals surface area contributed by atoms with Crippen molar-refractivity contribution in [2.45, 2.75) is 6.36 Å². The Labute approximate surface area is 155 Å². The summed E-state index contributed by atoms with van der Waals surface area (Å²) in [6.07, 6.45) is -2.50. The number of imide groups is 1. The molecule has 0 spiro atoms. The highest BCUT2D eigenvalue weighted by Gasteiger charge is 2.30. The number of carbonyl (C=O) groups is 3. The molecule has 0 fully saturated rings. The molecule has 0 atom stereocenters. The van der Waals surface area contributed by atoms with E-state index in [1.807, 2.05) is 0 Å².